The second-order valence-electron chi connectivity index (χ2n) is 9.76. The van der Waals surface area contributed by atoms with Gasteiger partial charge in [0.15, 0.2) is 0 Å². The fraction of sp³-hybridized carbons (Fsp3) is 0.357. The lowest BCUT2D eigenvalue weighted by Crippen LogP contribution is -2.34. The van der Waals surface area contributed by atoms with Crippen molar-refractivity contribution in [1.29, 1.82) is 0 Å². The number of nitrogens with one attached hydrogen (secondary N) is 3. The second-order valence-corrected chi connectivity index (χ2v) is 9.76. The summed E-state index contributed by atoms with van der Waals surface area (Å²) in [6.07, 6.45) is 0.0981. The highest BCUT2D eigenvalue weighted by atomic mass is 19.1. The van der Waals surface area contributed by atoms with Crippen molar-refractivity contribution in [3.8, 4) is 11.3 Å². The Bertz CT molecular complexity index is 1180. The Balaban J connectivity index is 1.47. The smallest absolute Gasteiger partial charge is 0.407 e. The number of alkyl carbamates (subject to hydrolysis) is 1. The number of aromatic nitrogens is 2. The average molecular weight is 508 g/mol. The molecule has 196 valence electrons. The molecule has 2 amide bonds. The molecule has 0 saturated carbocycles. The predicted molar refractivity (Wildman–Crippen MR) is 142 cm³/mol. The van der Waals surface area contributed by atoms with Gasteiger partial charge in [-0.1, -0.05) is 31.2 Å². The maximum atomic E-state index is 13.1. The fourth-order valence-corrected chi connectivity index (χ4v) is 3.46. The van der Waals surface area contributed by atoms with Crippen molar-refractivity contribution >= 4 is 17.8 Å². The van der Waals surface area contributed by atoms with Gasteiger partial charge in [0.05, 0.1) is 5.69 Å². The van der Waals surface area contributed by atoms with Crippen LogP contribution in [0.2, 0.25) is 0 Å². The SMILES string of the molecule is CC(CNc1ccc(-c2cccc(C(=O)NCCCNC(=O)OC(C)(C)C)c2)nn1)c1ccc(F)cc1. The van der Waals surface area contributed by atoms with E-state index in [1.54, 1.807) is 51.1 Å². The lowest BCUT2D eigenvalue weighted by Gasteiger charge is -2.19. The highest BCUT2D eigenvalue weighted by molar-refractivity contribution is 5.95. The Morgan fingerprint density at radius 3 is 2.38 bits per heavy atom. The zero-order valence-corrected chi connectivity index (χ0v) is 21.7. The highest BCUT2D eigenvalue weighted by Crippen LogP contribution is 2.20. The number of amides is 2. The van der Waals surface area contributed by atoms with E-state index in [1.807, 2.05) is 18.2 Å². The van der Waals surface area contributed by atoms with E-state index in [2.05, 4.69) is 33.1 Å². The molecule has 2 aromatic carbocycles. The number of nitrogens with zero attached hydrogens (tertiary/aromatic N) is 2. The summed E-state index contributed by atoms with van der Waals surface area (Å²) in [6, 6.07) is 17.3. The van der Waals surface area contributed by atoms with Gasteiger partial charge in [-0.25, -0.2) is 9.18 Å². The topological polar surface area (TPSA) is 105 Å². The minimum Gasteiger partial charge on any atom is -0.444 e. The molecule has 0 aliphatic rings. The molecule has 0 aliphatic heterocycles. The summed E-state index contributed by atoms with van der Waals surface area (Å²) in [7, 11) is 0. The van der Waals surface area contributed by atoms with E-state index >= 15 is 0 Å². The van der Waals surface area contributed by atoms with Crippen LogP contribution in [0.25, 0.3) is 11.3 Å². The first-order chi connectivity index (χ1) is 17.6. The molecule has 9 heteroatoms. The van der Waals surface area contributed by atoms with Gasteiger partial charge in [-0.2, -0.15) is 0 Å². The van der Waals surface area contributed by atoms with Crippen molar-refractivity contribution in [2.24, 2.45) is 0 Å². The highest BCUT2D eigenvalue weighted by Gasteiger charge is 2.15. The average Bonchev–Trinajstić information content (AvgIpc) is 2.86. The third kappa shape index (κ3) is 9.18. The largest absolute Gasteiger partial charge is 0.444 e. The van der Waals surface area contributed by atoms with Crippen molar-refractivity contribution < 1.29 is 18.7 Å². The molecule has 0 spiro atoms. The van der Waals surface area contributed by atoms with Crippen LogP contribution in [-0.2, 0) is 4.74 Å². The molecule has 3 aromatic rings. The molecular weight excluding hydrogens is 473 g/mol. The van der Waals surface area contributed by atoms with Gasteiger partial charge in [-0.15, -0.1) is 10.2 Å². The number of carbonyl (C=O) groups is 2. The molecule has 0 fully saturated rings. The molecule has 37 heavy (non-hydrogen) atoms. The van der Waals surface area contributed by atoms with Gasteiger partial charge in [-0.05, 0) is 75.1 Å². The van der Waals surface area contributed by atoms with Gasteiger partial charge >= 0.3 is 6.09 Å². The molecule has 0 radical (unpaired) electrons. The lowest BCUT2D eigenvalue weighted by molar-refractivity contribution is 0.0527. The molecule has 0 bridgehead atoms. The Morgan fingerprint density at radius 1 is 0.973 bits per heavy atom. The molecule has 0 aliphatic carbocycles. The van der Waals surface area contributed by atoms with Crippen LogP contribution in [0.1, 0.15) is 56.0 Å². The lowest BCUT2D eigenvalue weighted by atomic mass is 10.0. The number of benzene rings is 2. The first-order valence-electron chi connectivity index (χ1n) is 12.3. The summed E-state index contributed by atoms with van der Waals surface area (Å²) in [4.78, 5) is 24.2. The van der Waals surface area contributed by atoms with Crippen molar-refractivity contribution in [2.75, 3.05) is 25.0 Å². The molecule has 8 nitrogen and oxygen atoms in total. The Hall–Kier alpha value is -4.01. The third-order valence-corrected chi connectivity index (χ3v) is 5.42. The minimum absolute atomic E-state index is 0.172. The maximum Gasteiger partial charge on any atom is 0.407 e. The van der Waals surface area contributed by atoms with Crippen LogP contribution in [0.5, 0.6) is 0 Å². The Labute approximate surface area is 217 Å². The number of hydrogen-bond donors (Lipinski definition) is 3. The first-order valence-corrected chi connectivity index (χ1v) is 12.3. The van der Waals surface area contributed by atoms with E-state index in [1.165, 1.54) is 12.1 Å². The molecular formula is C28H34FN5O3. The van der Waals surface area contributed by atoms with Crippen molar-refractivity contribution in [1.82, 2.24) is 20.8 Å². The van der Waals surface area contributed by atoms with E-state index < -0.39 is 11.7 Å². The number of hydrogen-bond acceptors (Lipinski definition) is 6. The van der Waals surface area contributed by atoms with Gasteiger partial charge in [0.1, 0.15) is 17.2 Å². The van der Waals surface area contributed by atoms with Crippen molar-refractivity contribution in [3.63, 3.8) is 0 Å². The van der Waals surface area contributed by atoms with Gasteiger partial charge in [0.25, 0.3) is 5.91 Å². The summed E-state index contributed by atoms with van der Waals surface area (Å²) in [5.74, 6) is 0.344. The quantitative estimate of drug-likeness (QED) is 0.328. The van der Waals surface area contributed by atoms with Gasteiger partial charge in [0.2, 0.25) is 0 Å². The summed E-state index contributed by atoms with van der Waals surface area (Å²) < 4.78 is 18.3. The van der Waals surface area contributed by atoms with E-state index in [0.717, 1.165) is 11.1 Å². The summed E-state index contributed by atoms with van der Waals surface area (Å²) in [5.41, 5.74) is 2.42. The molecule has 1 heterocycles. The van der Waals surface area contributed by atoms with Gasteiger partial charge in [0, 0.05) is 30.8 Å². The van der Waals surface area contributed by atoms with Crippen LogP contribution in [-0.4, -0.2) is 47.4 Å². The Kier molecular flexibility index (Phi) is 9.54. The predicted octanol–water partition coefficient (Wildman–Crippen LogP) is 5.14. The zero-order chi connectivity index (χ0) is 26.8. The van der Waals surface area contributed by atoms with E-state index in [4.69, 9.17) is 4.74 Å². The van der Waals surface area contributed by atoms with Crippen LogP contribution in [0.15, 0.2) is 60.7 Å². The van der Waals surface area contributed by atoms with Crippen LogP contribution < -0.4 is 16.0 Å². The van der Waals surface area contributed by atoms with Crippen molar-refractivity contribution in [3.05, 3.63) is 77.6 Å². The number of rotatable bonds is 10. The molecule has 0 saturated heterocycles. The number of halogens is 1. The second kappa shape index (κ2) is 12.8. The molecule has 3 N–H and O–H groups in total. The molecule has 1 aromatic heterocycles. The van der Waals surface area contributed by atoms with E-state index in [0.29, 0.717) is 43.1 Å². The maximum absolute atomic E-state index is 13.1. The zero-order valence-electron chi connectivity index (χ0n) is 21.7. The van der Waals surface area contributed by atoms with Crippen LogP contribution >= 0.6 is 0 Å². The summed E-state index contributed by atoms with van der Waals surface area (Å²) in [5, 5.41) is 17.3. The fourth-order valence-electron chi connectivity index (χ4n) is 3.46. The third-order valence-electron chi connectivity index (χ3n) is 5.42. The summed E-state index contributed by atoms with van der Waals surface area (Å²) >= 11 is 0. The van der Waals surface area contributed by atoms with Crippen LogP contribution in [0.4, 0.5) is 15.0 Å². The molecule has 1 unspecified atom stereocenters. The summed E-state index contributed by atoms with van der Waals surface area (Å²) in [6.45, 7) is 8.89. The normalized spacial score (nSPS) is 11.9. The molecule has 1 atom stereocenters. The van der Waals surface area contributed by atoms with Crippen molar-refractivity contribution in [2.45, 2.75) is 45.6 Å². The monoisotopic (exact) mass is 507 g/mol. The standard InChI is InChI=1S/C28H34FN5O3/c1-19(20-9-11-23(29)12-10-20)18-32-25-14-13-24(33-34-25)21-7-5-8-22(17-21)26(35)30-15-6-16-31-27(36)37-28(2,3)4/h5,7-14,17,19H,6,15-16,18H2,1-4H3,(H,30,35)(H,31,36)(H,32,34). The van der Waals surface area contributed by atoms with Gasteiger partial charge < -0.3 is 20.7 Å². The minimum atomic E-state index is -0.547. The van der Waals surface area contributed by atoms with Gasteiger partial charge in [-0.3, -0.25) is 4.79 Å². The molecule has 3 rings (SSSR count). The number of ether oxygens (including phenoxy) is 1. The number of anilines is 1. The Morgan fingerprint density at radius 2 is 1.70 bits per heavy atom. The van der Waals surface area contributed by atoms with E-state index in [9.17, 15) is 14.0 Å². The van der Waals surface area contributed by atoms with E-state index in [-0.39, 0.29) is 17.6 Å². The van der Waals surface area contributed by atoms with Crippen LogP contribution in [0.3, 0.4) is 0 Å². The first kappa shape index (κ1) is 27.6. The number of carbonyl (C=O) groups excluding carboxylic acids is 2. The van der Waals surface area contributed by atoms with Crippen LogP contribution in [0, 0.1) is 5.82 Å².